The van der Waals surface area contributed by atoms with E-state index in [2.05, 4.69) is 5.09 Å². The summed E-state index contributed by atoms with van der Waals surface area (Å²) in [5.41, 5.74) is 0.830. The predicted molar refractivity (Wildman–Crippen MR) is 81.6 cm³/mol. The van der Waals surface area contributed by atoms with Crippen molar-refractivity contribution in [3.63, 3.8) is 0 Å². The van der Waals surface area contributed by atoms with Gasteiger partial charge in [0.15, 0.2) is 0 Å². The molecule has 0 radical (unpaired) electrons. The summed E-state index contributed by atoms with van der Waals surface area (Å²) in [6, 6.07) is 5.05. The maximum atomic E-state index is 12.5. The summed E-state index contributed by atoms with van der Waals surface area (Å²) in [5.74, 6) is 0.432. The summed E-state index contributed by atoms with van der Waals surface area (Å²) in [6.45, 7) is 7.61. The first-order chi connectivity index (χ1) is 9.27. The minimum atomic E-state index is -3.38. The molecule has 1 rings (SSSR count). The zero-order valence-electron chi connectivity index (χ0n) is 12.5. The number of benzene rings is 1. The summed E-state index contributed by atoms with van der Waals surface area (Å²) in [6.07, 6.45) is 1.62. The van der Waals surface area contributed by atoms with Gasteiger partial charge >= 0.3 is 7.75 Å². The SMILES string of the molecule is CCO[P@](=O)(NC(C)C)Oc1ccc([S@@](C)=O)c(C)c1. The number of hydrogen-bond acceptors (Lipinski definition) is 4. The molecule has 0 aromatic heterocycles. The Bertz CT molecular complexity index is 533. The second-order valence-electron chi connectivity index (χ2n) is 4.67. The summed E-state index contributed by atoms with van der Waals surface area (Å²) < 4.78 is 34.7. The summed E-state index contributed by atoms with van der Waals surface area (Å²) >= 11 is 0. The Kier molecular flexibility index (Phi) is 6.40. The van der Waals surface area contributed by atoms with Crippen molar-refractivity contribution in [3.8, 4) is 5.75 Å². The molecule has 0 amide bonds. The Morgan fingerprint density at radius 3 is 2.50 bits per heavy atom. The van der Waals surface area contributed by atoms with E-state index in [0.717, 1.165) is 10.5 Å². The molecule has 0 fully saturated rings. The Morgan fingerprint density at radius 1 is 1.40 bits per heavy atom. The van der Waals surface area contributed by atoms with Crippen LogP contribution >= 0.6 is 7.75 Å². The number of hydrogen-bond donors (Lipinski definition) is 1. The lowest BCUT2D eigenvalue weighted by atomic mass is 10.2. The van der Waals surface area contributed by atoms with Crippen LogP contribution in [0.4, 0.5) is 0 Å². The fourth-order valence-electron chi connectivity index (χ4n) is 1.72. The molecule has 1 aromatic carbocycles. The molecule has 0 saturated heterocycles. The lowest BCUT2D eigenvalue weighted by molar-refractivity contribution is 0.265. The molecular weight excluding hydrogens is 297 g/mol. The van der Waals surface area contributed by atoms with Crippen molar-refractivity contribution < 1.29 is 17.8 Å². The van der Waals surface area contributed by atoms with Crippen molar-refractivity contribution in [2.45, 2.75) is 38.6 Å². The van der Waals surface area contributed by atoms with Gasteiger partial charge in [0.05, 0.1) is 17.4 Å². The van der Waals surface area contributed by atoms with Crippen LogP contribution in [0, 0.1) is 6.92 Å². The van der Waals surface area contributed by atoms with E-state index < -0.39 is 18.5 Å². The van der Waals surface area contributed by atoms with Gasteiger partial charge in [-0.1, -0.05) is 0 Å². The normalized spacial score (nSPS) is 15.9. The maximum Gasteiger partial charge on any atom is 0.458 e. The van der Waals surface area contributed by atoms with Crippen LogP contribution in [-0.2, 0) is 19.9 Å². The minimum absolute atomic E-state index is 0.0316. The molecule has 0 heterocycles. The van der Waals surface area contributed by atoms with Crippen LogP contribution in [0.25, 0.3) is 0 Å². The van der Waals surface area contributed by atoms with E-state index >= 15 is 0 Å². The zero-order chi connectivity index (χ0) is 15.3. The zero-order valence-corrected chi connectivity index (χ0v) is 14.2. The summed E-state index contributed by atoms with van der Waals surface area (Å²) in [7, 11) is -4.44. The van der Waals surface area contributed by atoms with Crippen molar-refractivity contribution >= 4 is 18.5 Å². The van der Waals surface area contributed by atoms with Gasteiger partial charge < -0.3 is 4.52 Å². The van der Waals surface area contributed by atoms with E-state index in [4.69, 9.17) is 9.05 Å². The van der Waals surface area contributed by atoms with E-state index in [0.29, 0.717) is 5.75 Å². The molecule has 2 atom stereocenters. The van der Waals surface area contributed by atoms with Crippen LogP contribution in [0.3, 0.4) is 0 Å². The van der Waals surface area contributed by atoms with Gasteiger partial charge in [0, 0.05) is 17.2 Å². The van der Waals surface area contributed by atoms with Crippen LogP contribution in [-0.4, -0.2) is 23.1 Å². The first-order valence-corrected chi connectivity index (χ1v) is 9.53. The lowest BCUT2D eigenvalue weighted by Crippen LogP contribution is -2.23. The number of rotatable bonds is 7. The molecule has 1 aromatic rings. The van der Waals surface area contributed by atoms with Crippen LogP contribution in [0.15, 0.2) is 23.1 Å². The fourth-order valence-corrected chi connectivity index (χ4v) is 4.03. The number of nitrogens with one attached hydrogen (secondary N) is 1. The molecule has 0 unspecified atom stereocenters. The van der Waals surface area contributed by atoms with Gasteiger partial charge in [-0.05, 0) is 51.5 Å². The molecule has 0 aliphatic carbocycles. The second-order valence-corrected chi connectivity index (χ2v) is 7.71. The quantitative estimate of drug-likeness (QED) is 0.782. The van der Waals surface area contributed by atoms with Gasteiger partial charge in [-0.2, -0.15) is 0 Å². The standard InChI is InChI=1S/C13H22NO4PS/c1-6-17-19(15,14-10(2)3)18-12-7-8-13(20(5)16)11(4)9-12/h7-10H,6H2,1-5H3,(H,14,15)/t19-,20-/m1/s1. The van der Waals surface area contributed by atoms with Crippen LogP contribution in [0.1, 0.15) is 26.3 Å². The molecule has 0 bridgehead atoms. The highest BCUT2D eigenvalue weighted by Gasteiger charge is 2.27. The van der Waals surface area contributed by atoms with E-state index in [-0.39, 0.29) is 12.6 Å². The third-order valence-corrected chi connectivity index (χ3v) is 5.36. The third-order valence-electron chi connectivity index (χ3n) is 2.40. The van der Waals surface area contributed by atoms with E-state index in [1.165, 1.54) is 0 Å². The van der Waals surface area contributed by atoms with Gasteiger partial charge in [0.2, 0.25) is 0 Å². The van der Waals surface area contributed by atoms with Crippen LogP contribution in [0.5, 0.6) is 5.75 Å². The number of aryl methyl sites for hydroxylation is 1. The van der Waals surface area contributed by atoms with Gasteiger partial charge in [-0.3, -0.25) is 8.73 Å². The monoisotopic (exact) mass is 319 g/mol. The van der Waals surface area contributed by atoms with Crippen molar-refractivity contribution in [1.82, 2.24) is 5.09 Å². The lowest BCUT2D eigenvalue weighted by Gasteiger charge is -2.21. The smallest absolute Gasteiger partial charge is 0.413 e. The molecule has 7 heteroatoms. The highest BCUT2D eigenvalue weighted by Crippen LogP contribution is 2.44. The molecule has 0 aliphatic rings. The summed E-state index contributed by atoms with van der Waals surface area (Å²) in [4.78, 5) is 0.736. The van der Waals surface area contributed by atoms with E-state index in [1.54, 1.807) is 31.4 Å². The molecule has 114 valence electrons. The molecular formula is C13H22NO4PS. The Balaban J connectivity index is 2.97. The average Bonchev–Trinajstić information content (AvgIpc) is 2.26. The molecule has 0 spiro atoms. The van der Waals surface area contributed by atoms with Crippen molar-refractivity contribution in [2.75, 3.05) is 12.9 Å². The maximum absolute atomic E-state index is 12.5. The molecule has 20 heavy (non-hydrogen) atoms. The third kappa shape index (κ3) is 5.02. The Hall–Kier alpha value is -0.680. The minimum Gasteiger partial charge on any atom is -0.413 e. The van der Waals surface area contributed by atoms with Crippen LogP contribution in [0.2, 0.25) is 0 Å². The van der Waals surface area contributed by atoms with E-state index in [1.807, 2.05) is 20.8 Å². The summed E-state index contributed by atoms with van der Waals surface area (Å²) in [5, 5.41) is 2.81. The Labute approximate surface area is 123 Å². The van der Waals surface area contributed by atoms with Gasteiger partial charge in [0.1, 0.15) is 5.75 Å². The van der Waals surface area contributed by atoms with Crippen molar-refractivity contribution in [2.24, 2.45) is 0 Å². The van der Waals surface area contributed by atoms with Gasteiger partial charge in [-0.15, -0.1) is 0 Å². The van der Waals surface area contributed by atoms with Gasteiger partial charge in [0.25, 0.3) is 0 Å². The topological polar surface area (TPSA) is 64.6 Å². The average molecular weight is 319 g/mol. The highest BCUT2D eigenvalue weighted by molar-refractivity contribution is 7.84. The molecule has 5 nitrogen and oxygen atoms in total. The highest BCUT2D eigenvalue weighted by atomic mass is 32.2. The first kappa shape index (κ1) is 17.4. The largest absolute Gasteiger partial charge is 0.458 e. The second kappa shape index (κ2) is 7.36. The predicted octanol–water partition coefficient (Wildman–Crippen LogP) is 3.25. The van der Waals surface area contributed by atoms with Crippen LogP contribution < -0.4 is 9.61 Å². The molecule has 1 N–H and O–H groups in total. The molecule has 0 aliphatic heterocycles. The Morgan fingerprint density at radius 2 is 2.05 bits per heavy atom. The first-order valence-electron chi connectivity index (χ1n) is 6.43. The van der Waals surface area contributed by atoms with Crippen molar-refractivity contribution in [1.29, 1.82) is 0 Å². The van der Waals surface area contributed by atoms with E-state index in [9.17, 15) is 8.77 Å². The fraction of sp³-hybridized carbons (Fsp3) is 0.538. The van der Waals surface area contributed by atoms with Gasteiger partial charge in [-0.25, -0.2) is 9.65 Å². The van der Waals surface area contributed by atoms with Crippen molar-refractivity contribution in [3.05, 3.63) is 23.8 Å². The molecule has 0 saturated carbocycles.